The monoisotopic (exact) mass is 360 g/mol. The third kappa shape index (κ3) is 3.30. The molecular weight excluding hydrogens is 336 g/mol. The van der Waals surface area contributed by atoms with Crippen LogP contribution in [0.1, 0.15) is 36.6 Å². The van der Waals surface area contributed by atoms with Crippen LogP contribution in [0.15, 0.2) is 34.3 Å². The van der Waals surface area contributed by atoms with E-state index in [-0.39, 0.29) is 5.91 Å². The highest BCUT2D eigenvalue weighted by molar-refractivity contribution is 7.09. The summed E-state index contributed by atoms with van der Waals surface area (Å²) in [6.45, 7) is 5.93. The molecule has 3 nitrogen and oxygen atoms in total. The van der Waals surface area contributed by atoms with Crippen molar-refractivity contribution in [2.45, 2.75) is 45.3 Å². The van der Waals surface area contributed by atoms with Gasteiger partial charge in [0.05, 0.1) is 0 Å². The van der Waals surface area contributed by atoms with Gasteiger partial charge in [0.15, 0.2) is 0 Å². The van der Waals surface area contributed by atoms with E-state index in [0.717, 1.165) is 13.1 Å². The topological polar surface area (TPSA) is 23.6 Å². The summed E-state index contributed by atoms with van der Waals surface area (Å²) in [5.41, 5.74) is 1.67. The summed E-state index contributed by atoms with van der Waals surface area (Å²) >= 11 is 3.56. The Kier molecular flexibility index (Phi) is 4.50. The van der Waals surface area contributed by atoms with Gasteiger partial charge in [-0.25, -0.2) is 0 Å². The molecule has 1 atom stereocenters. The smallest absolute Gasteiger partial charge is 0.220 e. The second kappa shape index (κ2) is 6.62. The highest BCUT2D eigenvalue weighted by atomic mass is 32.1. The molecule has 1 amide bonds. The molecule has 0 bridgehead atoms. The fourth-order valence-electron chi connectivity index (χ4n) is 4.10. The summed E-state index contributed by atoms with van der Waals surface area (Å²) in [4.78, 5) is 18.3. The Labute approximate surface area is 151 Å². The summed E-state index contributed by atoms with van der Waals surface area (Å²) in [7, 11) is 0. The van der Waals surface area contributed by atoms with Gasteiger partial charge in [-0.2, -0.15) is 11.3 Å². The maximum Gasteiger partial charge on any atom is 0.220 e. The predicted octanol–water partition coefficient (Wildman–Crippen LogP) is 4.21. The molecule has 3 heterocycles. The highest BCUT2D eigenvalue weighted by Gasteiger charge is 2.58. The fraction of sp³-hybridized carbons (Fsp3) is 0.526. The van der Waals surface area contributed by atoms with Crippen molar-refractivity contribution in [3.63, 3.8) is 0 Å². The van der Waals surface area contributed by atoms with E-state index in [4.69, 9.17) is 0 Å². The van der Waals surface area contributed by atoms with Crippen molar-refractivity contribution in [3.05, 3.63) is 44.8 Å². The van der Waals surface area contributed by atoms with E-state index in [1.54, 1.807) is 18.3 Å². The molecule has 1 aliphatic carbocycles. The molecule has 0 unspecified atom stereocenters. The maximum atomic E-state index is 12.2. The van der Waals surface area contributed by atoms with E-state index in [2.05, 4.69) is 44.1 Å². The molecule has 0 radical (unpaired) electrons. The summed E-state index contributed by atoms with van der Waals surface area (Å²) in [5, 5.41) is 6.42. The lowest BCUT2D eigenvalue weighted by Gasteiger charge is -2.34. The van der Waals surface area contributed by atoms with Gasteiger partial charge < -0.3 is 4.90 Å². The molecular formula is C19H24N2OS2. The van der Waals surface area contributed by atoms with Crippen LogP contribution in [-0.2, 0) is 17.9 Å². The van der Waals surface area contributed by atoms with Gasteiger partial charge in [-0.1, -0.05) is 6.07 Å². The number of thiophene rings is 2. The number of carbonyl (C=O) groups excluding carboxylic acids is 1. The number of nitrogens with zero attached hydrogens (tertiary/aromatic N) is 2. The lowest BCUT2D eigenvalue weighted by molar-refractivity contribution is -0.130. The SMILES string of the molecule is CC(=O)N(Cc1ccsc1)[C@@H]1CC12CCN(Cc1cccs1)CC2. The normalized spacial score (nSPS) is 22.6. The predicted molar refractivity (Wildman–Crippen MR) is 100 cm³/mol. The molecule has 1 saturated carbocycles. The van der Waals surface area contributed by atoms with Crippen molar-refractivity contribution in [2.75, 3.05) is 13.1 Å². The molecule has 1 saturated heterocycles. The minimum absolute atomic E-state index is 0.226. The standard InChI is InChI=1S/C19H24N2OS2/c1-15(22)21(12-16-4-10-23-14-16)18-11-19(18)5-7-20(8-6-19)13-17-3-2-9-24-17/h2-4,9-10,14,18H,5-8,11-13H2,1H3/t18-/m1/s1. The molecule has 1 spiro atoms. The number of hydrogen-bond acceptors (Lipinski definition) is 4. The third-order valence-corrected chi connectivity index (χ3v) is 7.26. The zero-order chi connectivity index (χ0) is 16.6. The van der Waals surface area contributed by atoms with Crippen LogP contribution >= 0.6 is 22.7 Å². The van der Waals surface area contributed by atoms with Crippen molar-refractivity contribution in [1.29, 1.82) is 0 Å². The quantitative estimate of drug-likeness (QED) is 0.797. The van der Waals surface area contributed by atoms with Crippen molar-refractivity contribution in [2.24, 2.45) is 5.41 Å². The zero-order valence-corrected chi connectivity index (χ0v) is 15.7. The molecule has 24 heavy (non-hydrogen) atoms. The Hall–Kier alpha value is -1.17. The number of rotatable bonds is 5. The first-order valence-electron chi connectivity index (χ1n) is 8.69. The highest BCUT2D eigenvalue weighted by Crippen LogP contribution is 2.57. The van der Waals surface area contributed by atoms with Crippen LogP contribution < -0.4 is 0 Å². The van der Waals surface area contributed by atoms with E-state index >= 15 is 0 Å². The van der Waals surface area contributed by atoms with Crippen molar-refractivity contribution >= 4 is 28.6 Å². The Balaban J connectivity index is 1.35. The second-order valence-electron chi connectivity index (χ2n) is 7.22. The van der Waals surface area contributed by atoms with Crippen LogP contribution in [0, 0.1) is 5.41 Å². The Morgan fingerprint density at radius 2 is 2.17 bits per heavy atom. The minimum Gasteiger partial charge on any atom is -0.335 e. The number of amides is 1. The van der Waals surface area contributed by atoms with Crippen LogP contribution in [0.2, 0.25) is 0 Å². The summed E-state index contributed by atoms with van der Waals surface area (Å²) < 4.78 is 0. The minimum atomic E-state index is 0.226. The van der Waals surface area contributed by atoms with Gasteiger partial charge in [0.1, 0.15) is 0 Å². The lowest BCUT2D eigenvalue weighted by atomic mass is 9.92. The number of piperidine rings is 1. The van der Waals surface area contributed by atoms with E-state index in [0.29, 0.717) is 11.5 Å². The van der Waals surface area contributed by atoms with Gasteiger partial charge in [-0.15, -0.1) is 11.3 Å². The van der Waals surface area contributed by atoms with Gasteiger partial charge in [0.2, 0.25) is 5.91 Å². The van der Waals surface area contributed by atoms with Gasteiger partial charge in [-0.05, 0) is 71.6 Å². The maximum absolute atomic E-state index is 12.2. The zero-order valence-electron chi connectivity index (χ0n) is 14.1. The van der Waals surface area contributed by atoms with E-state index < -0.39 is 0 Å². The van der Waals surface area contributed by atoms with Crippen molar-refractivity contribution in [1.82, 2.24) is 9.80 Å². The number of likely N-dealkylation sites (tertiary alicyclic amines) is 1. The van der Waals surface area contributed by atoms with Gasteiger partial charge in [0, 0.05) is 30.9 Å². The average molecular weight is 361 g/mol. The van der Waals surface area contributed by atoms with Crippen LogP contribution in [-0.4, -0.2) is 34.8 Å². The van der Waals surface area contributed by atoms with Crippen LogP contribution in [0.3, 0.4) is 0 Å². The van der Waals surface area contributed by atoms with E-state index in [9.17, 15) is 4.79 Å². The van der Waals surface area contributed by atoms with Crippen LogP contribution in [0.25, 0.3) is 0 Å². The molecule has 128 valence electrons. The Morgan fingerprint density at radius 3 is 2.79 bits per heavy atom. The van der Waals surface area contributed by atoms with Gasteiger partial charge in [0.25, 0.3) is 0 Å². The first-order valence-corrected chi connectivity index (χ1v) is 10.5. The molecule has 2 aromatic rings. The second-order valence-corrected chi connectivity index (χ2v) is 9.03. The Bertz CT molecular complexity index is 672. The van der Waals surface area contributed by atoms with E-state index in [1.165, 1.54) is 42.8 Å². The summed E-state index contributed by atoms with van der Waals surface area (Å²) in [5.74, 6) is 0.226. The molecule has 2 aliphatic rings. The largest absolute Gasteiger partial charge is 0.335 e. The van der Waals surface area contributed by atoms with E-state index in [1.807, 2.05) is 11.3 Å². The first-order chi connectivity index (χ1) is 11.7. The van der Waals surface area contributed by atoms with Crippen molar-refractivity contribution in [3.8, 4) is 0 Å². The van der Waals surface area contributed by atoms with Crippen LogP contribution in [0.4, 0.5) is 0 Å². The molecule has 0 aromatic carbocycles. The molecule has 1 aliphatic heterocycles. The van der Waals surface area contributed by atoms with Crippen molar-refractivity contribution < 1.29 is 4.79 Å². The molecule has 4 rings (SSSR count). The lowest BCUT2D eigenvalue weighted by Crippen LogP contribution is -2.39. The first kappa shape index (κ1) is 16.3. The molecule has 2 fully saturated rings. The average Bonchev–Trinajstić information content (AvgIpc) is 3.00. The number of carbonyl (C=O) groups is 1. The van der Waals surface area contributed by atoms with Gasteiger partial charge >= 0.3 is 0 Å². The molecule has 5 heteroatoms. The summed E-state index contributed by atoms with van der Waals surface area (Å²) in [6.07, 6.45) is 3.66. The molecule has 0 N–H and O–H groups in total. The Morgan fingerprint density at radius 1 is 1.33 bits per heavy atom. The third-order valence-electron chi connectivity index (χ3n) is 5.67. The summed E-state index contributed by atoms with van der Waals surface area (Å²) in [6, 6.07) is 6.96. The van der Waals surface area contributed by atoms with Crippen LogP contribution in [0.5, 0.6) is 0 Å². The fourth-order valence-corrected chi connectivity index (χ4v) is 5.51. The molecule has 2 aromatic heterocycles. The van der Waals surface area contributed by atoms with Gasteiger partial charge in [-0.3, -0.25) is 9.69 Å². The number of hydrogen-bond donors (Lipinski definition) is 0.